The zero-order valence-electron chi connectivity index (χ0n) is 12.6. The second-order valence-corrected chi connectivity index (χ2v) is 6.40. The predicted octanol–water partition coefficient (Wildman–Crippen LogP) is 3.75. The van der Waals surface area contributed by atoms with E-state index < -0.39 is 0 Å². The first-order valence-electron chi connectivity index (χ1n) is 7.29. The molecule has 1 aliphatic rings. The van der Waals surface area contributed by atoms with Crippen LogP contribution in [0.5, 0.6) is 0 Å². The van der Waals surface area contributed by atoms with Gasteiger partial charge in [-0.1, -0.05) is 29.3 Å². The minimum atomic E-state index is -0.0590. The van der Waals surface area contributed by atoms with Gasteiger partial charge in [0, 0.05) is 12.0 Å². The summed E-state index contributed by atoms with van der Waals surface area (Å²) in [5.74, 6) is 1.23. The van der Waals surface area contributed by atoms with Crippen molar-refractivity contribution < 1.29 is 0 Å². The molecule has 1 aliphatic carbocycles. The monoisotopic (exact) mass is 302 g/mol. The number of benzene rings is 1. The molecule has 0 bridgehead atoms. The summed E-state index contributed by atoms with van der Waals surface area (Å²) in [7, 11) is 0. The Labute approximate surface area is 129 Å². The summed E-state index contributed by atoms with van der Waals surface area (Å²) >= 11 is 5.96. The van der Waals surface area contributed by atoms with Crippen molar-refractivity contribution in [1.82, 2.24) is 9.55 Å². The van der Waals surface area contributed by atoms with Crippen molar-refractivity contribution in [2.24, 2.45) is 0 Å². The van der Waals surface area contributed by atoms with Crippen molar-refractivity contribution in [3.63, 3.8) is 0 Å². The Balaban J connectivity index is 2.08. The predicted molar refractivity (Wildman–Crippen MR) is 85.2 cm³/mol. The molecule has 21 heavy (non-hydrogen) atoms. The number of aromatic nitrogens is 2. The van der Waals surface area contributed by atoms with E-state index in [1.807, 2.05) is 0 Å². The standard InChI is InChI=1S/C17H19ClN2O/c1-10-6-11(2)14(12(3)7-10)9-20-16(21)8-15(18)19-17(20)13-4-5-13/h6-8,13H,4-5,9H2,1-3H3. The van der Waals surface area contributed by atoms with E-state index in [0.717, 1.165) is 18.7 Å². The van der Waals surface area contributed by atoms with Crippen LogP contribution in [-0.2, 0) is 6.54 Å². The average molecular weight is 303 g/mol. The molecular formula is C17H19ClN2O. The molecule has 0 spiro atoms. The smallest absolute Gasteiger partial charge is 0.255 e. The van der Waals surface area contributed by atoms with Crippen molar-refractivity contribution in [1.29, 1.82) is 0 Å². The molecule has 1 aromatic heterocycles. The van der Waals surface area contributed by atoms with E-state index in [4.69, 9.17) is 11.6 Å². The molecule has 1 saturated carbocycles. The fourth-order valence-electron chi connectivity index (χ4n) is 2.92. The van der Waals surface area contributed by atoms with Gasteiger partial charge in [-0.2, -0.15) is 0 Å². The van der Waals surface area contributed by atoms with Gasteiger partial charge in [-0.3, -0.25) is 9.36 Å². The van der Waals surface area contributed by atoms with Gasteiger partial charge in [0.1, 0.15) is 11.0 Å². The zero-order chi connectivity index (χ0) is 15.1. The Morgan fingerprint density at radius 3 is 2.38 bits per heavy atom. The van der Waals surface area contributed by atoms with Crippen LogP contribution < -0.4 is 5.56 Å². The molecule has 0 N–H and O–H groups in total. The van der Waals surface area contributed by atoms with Crippen LogP contribution in [0.25, 0.3) is 0 Å². The highest BCUT2D eigenvalue weighted by atomic mass is 35.5. The first kappa shape index (κ1) is 14.3. The number of aryl methyl sites for hydroxylation is 3. The normalized spacial score (nSPS) is 14.5. The molecule has 0 amide bonds. The van der Waals surface area contributed by atoms with E-state index >= 15 is 0 Å². The molecule has 1 heterocycles. The SMILES string of the molecule is Cc1cc(C)c(Cn2c(C3CC3)nc(Cl)cc2=O)c(C)c1. The minimum absolute atomic E-state index is 0.0590. The van der Waals surface area contributed by atoms with Gasteiger partial charge in [-0.25, -0.2) is 4.98 Å². The van der Waals surface area contributed by atoms with Gasteiger partial charge in [0.05, 0.1) is 6.54 Å². The van der Waals surface area contributed by atoms with Crippen molar-refractivity contribution in [2.75, 3.05) is 0 Å². The first-order chi connectivity index (χ1) is 9.95. The number of halogens is 1. The molecule has 0 unspecified atom stereocenters. The van der Waals surface area contributed by atoms with Gasteiger partial charge in [0.2, 0.25) is 0 Å². The van der Waals surface area contributed by atoms with Gasteiger partial charge in [0.25, 0.3) is 5.56 Å². The lowest BCUT2D eigenvalue weighted by Gasteiger charge is -2.16. The second kappa shape index (κ2) is 5.30. The van der Waals surface area contributed by atoms with Crippen LogP contribution in [0.15, 0.2) is 23.0 Å². The molecule has 1 fully saturated rings. The third kappa shape index (κ3) is 2.88. The molecule has 3 nitrogen and oxygen atoms in total. The maximum atomic E-state index is 12.3. The third-order valence-electron chi connectivity index (χ3n) is 4.11. The molecule has 0 aliphatic heterocycles. The Kier molecular flexibility index (Phi) is 3.62. The summed E-state index contributed by atoms with van der Waals surface area (Å²) in [6, 6.07) is 5.73. The zero-order valence-corrected chi connectivity index (χ0v) is 13.4. The Hall–Kier alpha value is -1.61. The lowest BCUT2D eigenvalue weighted by molar-refractivity contribution is 0.665. The summed E-state index contributed by atoms with van der Waals surface area (Å²) in [5.41, 5.74) is 4.83. The summed E-state index contributed by atoms with van der Waals surface area (Å²) < 4.78 is 1.79. The van der Waals surface area contributed by atoms with E-state index in [1.165, 1.54) is 28.3 Å². The second-order valence-electron chi connectivity index (χ2n) is 6.01. The van der Waals surface area contributed by atoms with E-state index in [-0.39, 0.29) is 5.56 Å². The largest absolute Gasteiger partial charge is 0.292 e. The maximum absolute atomic E-state index is 12.3. The van der Waals surface area contributed by atoms with E-state index in [1.54, 1.807) is 4.57 Å². The van der Waals surface area contributed by atoms with Crippen LogP contribution in [0.4, 0.5) is 0 Å². The average Bonchev–Trinajstić information content (AvgIpc) is 3.19. The lowest BCUT2D eigenvalue weighted by atomic mass is 9.99. The molecule has 0 saturated heterocycles. The number of rotatable bonds is 3. The van der Waals surface area contributed by atoms with Crippen molar-refractivity contribution in [3.05, 3.63) is 61.8 Å². The molecule has 110 valence electrons. The summed E-state index contributed by atoms with van der Waals surface area (Å²) in [6.45, 7) is 6.86. The van der Waals surface area contributed by atoms with Gasteiger partial charge in [-0.05, 0) is 50.3 Å². The maximum Gasteiger partial charge on any atom is 0.255 e. The summed E-state index contributed by atoms with van der Waals surface area (Å²) in [4.78, 5) is 16.7. The fraction of sp³-hybridized carbons (Fsp3) is 0.412. The highest BCUT2D eigenvalue weighted by Crippen LogP contribution is 2.39. The number of hydrogen-bond acceptors (Lipinski definition) is 2. The van der Waals surface area contributed by atoms with Crippen LogP contribution in [0.2, 0.25) is 5.15 Å². The van der Waals surface area contributed by atoms with Gasteiger partial charge >= 0.3 is 0 Å². The van der Waals surface area contributed by atoms with Gasteiger partial charge < -0.3 is 0 Å². The number of hydrogen-bond donors (Lipinski definition) is 0. The van der Waals surface area contributed by atoms with E-state index in [2.05, 4.69) is 37.9 Å². The van der Waals surface area contributed by atoms with E-state index in [0.29, 0.717) is 17.6 Å². The Morgan fingerprint density at radius 2 is 1.81 bits per heavy atom. The molecular weight excluding hydrogens is 284 g/mol. The van der Waals surface area contributed by atoms with Crippen LogP contribution in [0.1, 0.15) is 46.8 Å². The Morgan fingerprint density at radius 1 is 1.19 bits per heavy atom. The van der Waals surface area contributed by atoms with Gasteiger partial charge in [0.15, 0.2) is 0 Å². The topological polar surface area (TPSA) is 34.9 Å². The summed E-state index contributed by atoms with van der Waals surface area (Å²) in [5, 5.41) is 0.301. The highest BCUT2D eigenvalue weighted by Gasteiger charge is 2.29. The van der Waals surface area contributed by atoms with Crippen LogP contribution >= 0.6 is 11.6 Å². The Bertz CT molecular complexity index is 737. The van der Waals surface area contributed by atoms with Crippen LogP contribution in [0.3, 0.4) is 0 Å². The molecule has 4 heteroatoms. The summed E-state index contributed by atoms with van der Waals surface area (Å²) in [6.07, 6.45) is 2.19. The fourth-order valence-corrected chi connectivity index (χ4v) is 3.10. The molecule has 3 rings (SSSR count). The van der Waals surface area contributed by atoms with Crippen LogP contribution in [0, 0.1) is 20.8 Å². The quantitative estimate of drug-likeness (QED) is 0.809. The van der Waals surface area contributed by atoms with E-state index in [9.17, 15) is 4.79 Å². The van der Waals surface area contributed by atoms with Gasteiger partial charge in [-0.15, -0.1) is 0 Å². The highest BCUT2D eigenvalue weighted by molar-refractivity contribution is 6.29. The first-order valence-corrected chi connectivity index (χ1v) is 7.67. The van der Waals surface area contributed by atoms with Crippen molar-refractivity contribution in [2.45, 2.75) is 46.1 Å². The number of nitrogens with zero attached hydrogens (tertiary/aromatic N) is 2. The lowest BCUT2D eigenvalue weighted by Crippen LogP contribution is -2.25. The minimum Gasteiger partial charge on any atom is -0.292 e. The third-order valence-corrected chi connectivity index (χ3v) is 4.30. The van der Waals surface area contributed by atoms with Crippen molar-refractivity contribution >= 4 is 11.6 Å². The molecule has 1 aromatic carbocycles. The van der Waals surface area contributed by atoms with Crippen LogP contribution in [-0.4, -0.2) is 9.55 Å². The molecule has 0 radical (unpaired) electrons. The molecule has 0 atom stereocenters. The molecule has 2 aromatic rings. The van der Waals surface area contributed by atoms with Crippen molar-refractivity contribution in [3.8, 4) is 0 Å².